The first-order valence-corrected chi connectivity index (χ1v) is 15.8. The van der Waals surface area contributed by atoms with Crippen molar-refractivity contribution in [3.05, 3.63) is 98.7 Å². The predicted molar refractivity (Wildman–Crippen MR) is 162 cm³/mol. The number of nitrogens with one attached hydrogen (secondary N) is 1. The number of amides is 2. The summed E-state index contributed by atoms with van der Waals surface area (Å²) in [6.45, 7) is 3.05. The van der Waals surface area contributed by atoms with Crippen LogP contribution in [0.2, 0.25) is 15.1 Å². The lowest BCUT2D eigenvalue weighted by atomic mass is 10.0. The molecule has 0 saturated carbocycles. The second-order valence-corrected chi connectivity index (χ2v) is 12.8. The summed E-state index contributed by atoms with van der Waals surface area (Å²) in [6.07, 6.45) is 1.76. The molecule has 0 saturated heterocycles. The minimum absolute atomic E-state index is 0.00500. The van der Waals surface area contributed by atoms with Gasteiger partial charge in [0.15, 0.2) is 0 Å². The Kier molecular flexibility index (Phi) is 11.4. The average molecular weight is 643 g/mol. The molecule has 0 aliphatic carbocycles. The first kappa shape index (κ1) is 32.7. The van der Waals surface area contributed by atoms with Crippen LogP contribution in [0.1, 0.15) is 31.4 Å². The van der Waals surface area contributed by atoms with E-state index in [9.17, 15) is 22.4 Å². The summed E-state index contributed by atoms with van der Waals surface area (Å²) in [7, 11) is -4.02. The van der Waals surface area contributed by atoms with Gasteiger partial charge in [-0.2, -0.15) is 0 Å². The molecule has 0 spiro atoms. The predicted octanol–water partition coefficient (Wildman–Crippen LogP) is 6.11. The van der Waals surface area contributed by atoms with Crippen LogP contribution in [0.15, 0.2) is 66.7 Å². The third kappa shape index (κ3) is 9.07. The lowest BCUT2D eigenvalue weighted by Crippen LogP contribution is -2.54. The number of halogens is 4. The number of hydrogen-bond acceptors (Lipinski definition) is 4. The molecule has 7 nitrogen and oxygen atoms in total. The van der Waals surface area contributed by atoms with Gasteiger partial charge >= 0.3 is 0 Å². The van der Waals surface area contributed by atoms with Gasteiger partial charge in [0.25, 0.3) is 0 Å². The van der Waals surface area contributed by atoms with Crippen LogP contribution in [-0.2, 0) is 32.6 Å². The number of sulfonamides is 1. The molecule has 2 amide bonds. The molecule has 1 N–H and O–H groups in total. The first-order valence-electron chi connectivity index (χ1n) is 12.8. The van der Waals surface area contributed by atoms with Crippen LogP contribution in [0.5, 0.6) is 0 Å². The topological polar surface area (TPSA) is 86.8 Å². The second-order valence-electron chi connectivity index (χ2n) is 9.66. The van der Waals surface area contributed by atoms with Gasteiger partial charge in [-0.3, -0.25) is 13.9 Å². The van der Waals surface area contributed by atoms with Crippen LogP contribution in [0.25, 0.3) is 0 Å². The highest BCUT2D eigenvalue weighted by molar-refractivity contribution is 7.92. The highest BCUT2D eigenvalue weighted by Gasteiger charge is 2.33. The largest absolute Gasteiger partial charge is 0.352 e. The number of nitrogens with zero attached hydrogens (tertiary/aromatic N) is 2. The van der Waals surface area contributed by atoms with Gasteiger partial charge in [-0.05, 0) is 54.8 Å². The van der Waals surface area contributed by atoms with Crippen LogP contribution >= 0.6 is 34.8 Å². The Morgan fingerprint density at radius 2 is 1.61 bits per heavy atom. The normalized spacial score (nSPS) is 12.9. The van der Waals surface area contributed by atoms with Crippen molar-refractivity contribution in [3.63, 3.8) is 0 Å². The highest BCUT2D eigenvalue weighted by atomic mass is 35.5. The number of carbonyl (C=O) groups excluding carboxylic acids is 2. The minimum atomic E-state index is -4.02. The smallest absolute Gasteiger partial charge is 0.244 e. The van der Waals surface area contributed by atoms with Gasteiger partial charge in [-0.25, -0.2) is 12.8 Å². The Labute approximate surface area is 255 Å². The molecule has 12 heteroatoms. The monoisotopic (exact) mass is 641 g/mol. The van der Waals surface area contributed by atoms with E-state index in [1.54, 1.807) is 18.2 Å². The first-order chi connectivity index (χ1) is 19.3. The Hall–Kier alpha value is -2.85. The molecule has 220 valence electrons. The van der Waals surface area contributed by atoms with Gasteiger partial charge < -0.3 is 10.2 Å². The van der Waals surface area contributed by atoms with Crippen molar-refractivity contribution < 1.29 is 22.4 Å². The van der Waals surface area contributed by atoms with Gasteiger partial charge in [-0.1, -0.05) is 78.1 Å². The van der Waals surface area contributed by atoms with E-state index in [0.29, 0.717) is 17.0 Å². The zero-order chi connectivity index (χ0) is 30.3. The van der Waals surface area contributed by atoms with Gasteiger partial charge in [0, 0.05) is 19.0 Å². The van der Waals surface area contributed by atoms with Crippen LogP contribution < -0.4 is 9.62 Å². The molecule has 2 atom stereocenters. The van der Waals surface area contributed by atoms with Gasteiger partial charge in [0.2, 0.25) is 21.8 Å². The second kappa shape index (κ2) is 14.4. The van der Waals surface area contributed by atoms with Crippen LogP contribution in [-0.4, -0.2) is 50.0 Å². The molecule has 0 aromatic heterocycles. The van der Waals surface area contributed by atoms with Crippen molar-refractivity contribution in [1.29, 1.82) is 0 Å². The maximum absolute atomic E-state index is 14.0. The van der Waals surface area contributed by atoms with Crippen molar-refractivity contribution >= 4 is 62.3 Å². The fourth-order valence-electron chi connectivity index (χ4n) is 4.08. The summed E-state index contributed by atoms with van der Waals surface area (Å²) in [6, 6.07) is 16.2. The molecule has 0 heterocycles. The summed E-state index contributed by atoms with van der Waals surface area (Å²) in [5, 5.41) is 3.23. The average Bonchev–Trinajstić information content (AvgIpc) is 2.92. The molecule has 0 fully saturated rings. The maximum atomic E-state index is 14.0. The molecule has 0 aliphatic heterocycles. The molecule has 3 aromatic carbocycles. The van der Waals surface area contributed by atoms with Crippen molar-refractivity contribution in [1.82, 2.24) is 10.2 Å². The zero-order valence-electron chi connectivity index (χ0n) is 22.8. The molecule has 41 heavy (non-hydrogen) atoms. The molecular formula is C29H31Cl3FN3O4S. The summed E-state index contributed by atoms with van der Waals surface area (Å²) < 4.78 is 40.3. The summed E-state index contributed by atoms with van der Waals surface area (Å²) in [5.41, 5.74) is 1.39. The van der Waals surface area contributed by atoms with E-state index in [1.165, 1.54) is 11.0 Å². The van der Waals surface area contributed by atoms with E-state index in [0.717, 1.165) is 28.3 Å². The molecule has 3 aromatic rings. The SMILES string of the molecule is CC[C@H](C)NC(=O)[C@H](Cc1ccccc1)N(Cc1ccc(Cl)c(Cl)c1)C(=O)CN(c1ccc(F)c(Cl)c1)S(C)(=O)=O. The minimum Gasteiger partial charge on any atom is -0.352 e. The molecule has 0 radical (unpaired) electrons. The molecule has 0 unspecified atom stereocenters. The highest BCUT2D eigenvalue weighted by Crippen LogP contribution is 2.27. The van der Waals surface area contributed by atoms with Crippen molar-refractivity contribution in [3.8, 4) is 0 Å². The Balaban J connectivity index is 2.09. The third-order valence-electron chi connectivity index (χ3n) is 6.48. The standard InChI is InChI=1S/C29H31Cl3FN3O4S/c1-4-19(2)34-29(38)27(15-20-8-6-5-7-9-20)35(17-21-10-12-23(30)24(31)14-21)28(37)18-36(41(3,39)40)22-11-13-26(33)25(32)16-22/h5-14,16,19,27H,4,15,17-18H2,1-3H3,(H,34,38)/t19-,27-/m0/s1. The number of anilines is 1. The number of hydrogen-bond donors (Lipinski definition) is 1. The maximum Gasteiger partial charge on any atom is 0.244 e. The molecule has 3 rings (SSSR count). The Morgan fingerprint density at radius 3 is 2.20 bits per heavy atom. The fourth-order valence-corrected chi connectivity index (χ4v) is 5.42. The quantitative estimate of drug-likeness (QED) is 0.259. The van der Waals surface area contributed by atoms with Gasteiger partial charge in [-0.15, -0.1) is 0 Å². The summed E-state index contributed by atoms with van der Waals surface area (Å²) in [4.78, 5) is 29.0. The van der Waals surface area contributed by atoms with E-state index < -0.39 is 40.2 Å². The van der Waals surface area contributed by atoms with Gasteiger partial charge in [0.05, 0.1) is 27.0 Å². The number of rotatable bonds is 12. The van der Waals surface area contributed by atoms with Gasteiger partial charge in [0.1, 0.15) is 18.4 Å². The Morgan fingerprint density at radius 1 is 0.927 bits per heavy atom. The van der Waals surface area contributed by atoms with E-state index in [-0.39, 0.29) is 34.7 Å². The fraction of sp³-hybridized carbons (Fsp3) is 0.310. The summed E-state index contributed by atoms with van der Waals surface area (Å²) >= 11 is 18.3. The van der Waals surface area contributed by atoms with E-state index in [4.69, 9.17) is 34.8 Å². The van der Waals surface area contributed by atoms with Crippen molar-refractivity contribution in [2.45, 2.75) is 45.3 Å². The number of benzene rings is 3. The zero-order valence-corrected chi connectivity index (χ0v) is 25.9. The third-order valence-corrected chi connectivity index (χ3v) is 8.65. The molecule has 0 aliphatic rings. The van der Waals surface area contributed by atoms with E-state index in [2.05, 4.69) is 5.32 Å². The van der Waals surface area contributed by atoms with Crippen LogP contribution in [0.4, 0.5) is 10.1 Å². The van der Waals surface area contributed by atoms with Crippen molar-refractivity contribution in [2.24, 2.45) is 0 Å². The summed E-state index contributed by atoms with van der Waals surface area (Å²) in [5.74, 6) is -1.80. The lowest BCUT2D eigenvalue weighted by Gasteiger charge is -2.34. The van der Waals surface area contributed by atoms with E-state index in [1.807, 2.05) is 44.2 Å². The molecule has 0 bridgehead atoms. The van der Waals surface area contributed by atoms with Crippen LogP contribution in [0, 0.1) is 5.82 Å². The van der Waals surface area contributed by atoms with Crippen LogP contribution in [0.3, 0.4) is 0 Å². The van der Waals surface area contributed by atoms with E-state index >= 15 is 0 Å². The number of carbonyl (C=O) groups is 2. The molecular weight excluding hydrogens is 612 g/mol. The van der Waals surface area contributed by atoms with Crippen molar-refractivity contribution in [2.75, 3.05) is 17.1 Å². The Bertz CT molecular complexity index is 1490. The lowest BCUT2D eigenvalue weighted by molar-refractivity contribution is -0.140.